The van der Waals surface area contributed by atoms with Crippen molar-refractivity contribution in [2.75, 3.05) is 6.54 Å². The van der Waals surface area contributed by atoms with Crippen molar-refractivity contribution in [2.24, 2.45) is 5.73 Å². The first-order chi connectivity index (χ1) is 8.97. The number of halogens is 1. The van der Waals surface area contributed by atoms with Crippen LogP contribution in [0.1, 0.15) is 23.5 Å². The number of amides is 1. The summed E-state index contributed by atoms with van der Waals surface area (Å²) >= 11 is 1.45. The molecule has 1 heterocycles. The van der Waals surface area contributed by atoms with E-state index in [4.69, 9.17) is 5.73 Å². The Morgan fingerprint density at radius 2 is 1.90 bits per heavy atom. The van der Waals surface area contributed by atoms with E-state index >= 15 is 0 Å². The van der Waals surface area contributed by atoms with Gasteiger partial charge < -0.3 is 11.1 Å². The number of hydrogen-bond acceptors (Lipinski definition) is 3. The van der Waals surface area contributed by atoms with Crippen LogP contribution in [0.15, 0.2) is 41.8 Å². The maximum Gasteiger partial charge on any atom is 0.262 e. The molecule has 0 bridgehead atoms. The smallest absolute Gasteiger partial charge is 0.262 e. The van der Waals surface area contributed by atoms with Crippen LogP contribution in [0, 0.1) is 0 Å². The van der Waals surface area contributed by atoms with Gasteiger partial charge in [0.15, 0.2) is 0 Å². The normalized spacial score (nSPS) is 10.8. The lowest BCUT2D eigenvalue weighted by molar-refractivity contribution is 0.0950. The molecule has 1 amide bonds. The summed E-state index contributed by atoms with van der Waals surface area (Å²) in [5.41, 5.74) is 7.50. The highest BCUT2D eigenvalue weighted by atomic mass is 35.5. The molecule has 108 valence electrons. The van der Waals surface area contributed by atoms with Crippen LogP contribution in [-0.4, -0.2) is 18.0 Å². The monoisotopic (exact) mass is 310 g/mol. The summed E-state index contributed by atoms with van der Waals surface area (Å²) in [6.07, 6.45) is 0. The van der Waals surface area contributed by atoms with E-state index in [-0.39, 0.29) is 18.3 Å². The Kier molecular flexibility index (Phi) is 5.74. The van der Waals surface area contributed by atoms with Gasteiger partial charge in [0.05, 0.1) is 4.88 Å². The van der Waals surface area contributed by atoms with Crippen molar-refractivity contribution >= 4 is 29.7 Å². The summed E-state index contributed by atoms with van der Waals surface area (Å²) < 4.78 is 0. The zero-order valence-corrected chi connectivity index (χ0v) is 13.2. The Balaban J connectivity index is 0.00000200. The Hall–Kier alpha value is -1.36. The van der Waals surface area contributed by atoms with Crippen molar-refractivity contribution in [3.63, 3.8) is 0 Å². The Bertz CT molecular complexity index is 561. The van der Waals surface area contributed by atoms with E-state index in [0.717, 1.165) is 16.0 Å². The summed E-state index contributed by atoms with van der Waals surface area (Å²) in [4.78, 5) is 12.9. The van der Waals surface area contributed by atoms with Crippen LogP contribution in [0.5, 0.6) is 0 Å². The first-order valence-electron chi connectivity index (χ1n) is 6.17. The lowest BCUT2D eigenvalue weighted by Crippen LogP contribution is -2.45. The van der Waals surface area contributed by atoms with Gasteiger partial charge >= 0.3 is 0 Å². The number of nitrogens with one attached hydrogen (secondary N) is 1. The summed E-state index contributed by atoms with van der Waals surface area (Å²) in [5.74, 6) is -0.0626. The van der Waals surface area contributed by atoms with Crippen LogP contribution in [0.4, 0.5) is 0 Å². The predicted octanol–water partition coefficient (Wildman–Crippen LogP) is 3.30. The molecule has 0 aliphatic heterocycles. The number of nitrogens with two attached hydrogens (primary N) is 1. The molecule has 3 nitrogen and oxygen atoms in total. The maximum absolute atomic E-state index is 12.2. The average Bonchev–Trinajstić information content (AvgIpc) is 2.85. The fourth-order valence-electron chi connectivity index (χ4n) is 1.72. The second-order valence-corrected chi connectivity index (χ2v) is 6.12. The summed E-state index contributed by atoms with van der Waals surface area (Å²) in [6, 6.07) is 11.9. The minimum atomic E-state index is -0.403. The number of rotatable bonds is 4. The molecule has 20 heavy (non-hydrogen) atoms. The highest BCUT2D eigenvalue weighted by Gasteiger charge is 2.17. The van der Waals surface area contributed by atoms with Gasteiger partial charge in [-0.3, -0.25) is 4.79 Å². The van der Waals surface area contributed by atoms with Crippen LogP contribution < -0.4 is 11.1 Å². The van der Waals surface area contributed by atoms with Crippen molar-refractivity contribution in [3.05, 3.63) is 46.7 Å². The van der Waals surface area contributed by atoms with Gasteiger partial charge in [-0.25, -0.2) is 0 Å². The average molecular weight is 311 g/mol. The van der Waals surface area contributed by atoms with Gasteiger partial charge in [0.25, 0.3) is 5.91 Å². The molecule has 1 aromatic heterocycles. The molecule has 0 aliphatic rings. The summed E-state index contributed by atoms with van der Waals surface area (Å²) in [7, 11) is 0. The molecular weight excluding hydrogens is 292 g/mol. The molecule has 0 saturated carbocycles. The molecule has 0 saturated heterocycles. The second kappa shape index (κ2) is 6.88. The fourth-order valence-corrected chi connectivity index (χ4v) is 2.55. The van der Waals surface area contributed by atoms with Crippen molar-refractivity contribution in [3.8, 4) is 11.1 Å². The first kappa shape index (κ1) is 16.7. The minimum Gasteiger partial charge on any atom is -0.349 e. The lowest BCUT2D eigenvalue weighted by atomic mass is 10.1. The van der Waals surface area contributed by atoms with Gasteiger partial charge in [0.2, 0.25) is 0 Å². The maximum atomic E-state index is 12.2. The van der Waals surface area contributed by atoms with E-state index < -0.39 is 5.54 Å². The van der Waals surface area contributed by atoms with Crippen LogP contribution >= 0.6 is 23.7 Å². The number of thiophene rings is 1. The van der Waals surface area contributed by atoms with E-state index in [0.29, 0.717) is 6.54 Å². The zero-order chi connectivity index (χ0) is 13.9. The minimum absolute atomic E-state index is 0. The van der Waals surface area contributed by atoms with E-state index in [1.165, 1.54) is 11.3 Å². The largest absolute Gasteiger partial charge is 0.349 e. The highest BCUT2D eigenvalue weighted by Crippen LogP contribution is 2.28. The Morgan fingerprint density at radius 1 is 1.25 bits per heavy atom. The van der Waals surface area contributed by atoms with Crippen LogP contribution in [0.3, 0.4) is 0 Å². The fraction of sp³-hybridized carbons (Fsp3) is 0.267. The summed E-state index contributed by atoms with van der Waals surface area (Å²) in [5, 5.41) is 4.82. The topological polar surface area (TPSA) is 55.1 Å². The van der Waals surface area contributed by atoms with Crippen molar-refractivity contribution in [1.29, 1.82) is 0 Å². The van der Waals surface area contributed by atoms with Crippen molar-refractivity contribution < 1.29 is 4.79 Å². The van der Waals surface area contributed by atoms with Gasteiger partial charge in [-0.05, 0) is 30.9 Å². The summed E-state index contributed by atoms with van der Waals surface area (Å²) in [6.45, 7) is 4.23. The predicted molar refractivity (Wildman–Crippen MR) is 87.6 cm³/mol. The van der Waals surface area contributed by atoms with Gasteiger partial charge in [-0.2, -0.15) is 0 Å². The van der Waals surface area contributed by atoms with Gasteiger partial charge in [-0.1, -0.05) is 30.3 Å². The third-order valence-corrected chi connectivity index (χ3v) is 3.57. The Morgan fingerprint density at radius 3 is 2.50 bits per heavy atom. The van der Waals surface area contributed by atoms with E-state index in [1.807, 2.05) is 55.6 Å². The molecule has 1 aromatic carbocycles. The van der Waals surface area contributed by atoms with Gasteiger partial charge in [0, 0.05) is 17.6 Å². The van der Waals surface area contributed by atoms with E-state index in [2.05, 4.69) is 5.32 Å². The molecular formula is C15H19ClN2OS. The van der Waals surface area contributed by atoms with Crippen LogP contribution in [0.25, 0.3) is 11.1 Å². The van der Waals surface area contributed by atoms with Crippen LogP contribution in [-0.2, 0) is 0 Å². The SMILES string of the molecule is CC(C)(N)CNC(=O)c1sccc1-c1ccccc1.Cl. The number of hydrogen-bond donors (Lipinski definition) is 2. The molecule has 0 spiro atoms. The standard InChI is InChI=1S/C15H18N2OS.ClH/c1-15(2,16)10-17-14(18)13-12(8-9-19-13)11-6-4-3-5-7-11;/h3-9H,10,16H2,1-2H3,(H,17,18);1H. The van der Waals surface area contributed by atoms with Gasteiger partial charge in [-0.15, -0.1) is 23.7 Å². The van der Waals surface area contributed by atoms with Crippen molar-refractivity contribution in [1.82, 2.24) is 5.32 Å². The third-order valence-electron chi connectivity index (χ3n) is 2.66. The molecule has 0 unspecified atom stereocenters. The molecule has 0 atom stereocenters. The Labute approximate surface area is 129 Å². The van der Waals surface area contributed by atoms with Crippen LogP contribution in [0.2, 0.25) is 0 Å². The number of benzene rings is 1. The molecule has 3 N–H and O–H groups in total. The third kappa shape index (κ3) is 4.34. The molecule has 0 aliphatic carbocycles. The van der Waals surface area contributed by atoms with E-state index in [9.17, 15) is 4.79 Å². The molecule has 0 radical (unpaired) electrons. The lowest BCUT2D eigenvalue weighted by Gasteiger charge is -2.18. The van der Waals surface area contributed by atoms with Crippen molar-refractivity contribution in [2.45, 2.75) is 19.4 Å². The number of carbonyl (C=O) groups excluding carboxylic acids is 1. The quantitative estimate of drug-likeness (QED) is 0.910. The molecule has 2 rings (SSSR count). The van der Waals surface area contributed by atoms with Gasteiger partial charge in [0.1, 0.15) is 0 Å². The number of carbonyl (C=O) groups is 1. The van der Waals surface area contributed by atoms with E-state index in [1.54, 1.807) is 0 Å². The first-order valence-corrected chi connectivity index (χ1v) is 7.05. The molecule has 2 aromatic rings. The zero-order valence-electron chi connectivity index (χ0n) is 11.6. The molecule has 0 fully saturated rings. The molecule has 5 heteroatoms. The second-order valence-electron chi connectivity index (χ2n) is 5.20. The highest BCUT2D eigenvalue weighted by molar-refractivity contribution is 7.12.